The molecule has 3 N–H and O–H groups in total. The van der Waals surface area contributed by atoms with Crippen molar-refractivity contribution in [3.63, 3.8) is 0 Å². The third-order valence-corrected chi connectivity index (χ3v) is 4.89. The minimum Gasteiger partial charge on any atom is -0.497 e. The lowest BCUT2D eigenvalue weighted by Gasteiger charge is -2.22. The van der Waals surface area contributed by atoms with Crippen LogP contribution in [-0.4, -0.2) is 55.4 Å². The van der Waals surface area contributed by atoms with Gasteiger partial charge in [0.05, 0.1) is 19.8 Å². The number of aliphatic hydroxyl groups excluding tert-OH is 1. The molecule has 0 spiro atoms. The Balaban J connectivity index is 1.79. The first-order chi connectivity index (χ1) is 13.9. The van der Waals surface area contributed by atoms with E-state index >= 15 is 0 Å². The van der Waals surface area contributed by atoms with E-state index in [4.69, 9.17) is 4.74 Å². The van der Waals surface area contributed by atoms with Gasteiger partial charge >= 0.3 is 6.03 Å². The number of methoxy groups -OCH3 is 1. The van der Waals surface area contributed by atoms with Gasteiger partial charge in [-0.05, 0) is 24.3 Å². The van der Waals surface area contributed by atoms with Crippen LogP contribution in [-0.2, 0) is 0 Å². The average molecular weight is 409 g/mol. The summed E-state index contributed by atoms with van der Waals surface area (Å²) in [6, 6.07) is 6.25. The highest BCUT2D eigenvalue weighted by atomic mass is 19.1. The SMILES string of the molecule is COc1cc(F)c([C@@H]2CN(CCO)C[C@H]2NC(=O)Nc2ccc(F)cc2)c(F)c1. The predicted molar refractivity (Wildman–Crippen MR) is 102 cm³/mol. The summed E-state index contributed by atoms with van der Waals surface area (Å²) in [4.78, 5) is 14.2. The van der Waals surface area contributed by atoms with Crippen LogP contribution in [0.25, 0.3) is 0 Å². The van der Waals surface area contributed by atoms with Gasteiger partial charge in [-0.2, -0.15) is 0 Å². The molecule has 1 aliphatic rings. The fourth-order valence-corrected chi connectivity index (χ4v) is 3.55. The second-order valence-electron chi connectivity index (χ2n) is 6.81. The lowest BCUT2D eigenvalue weighted by atomic mass is 9.93. The lowest BCUT2D eigenvalue weighted by molar-refractivity contribution is 0.217. The molecule has 0 bridgehead atoms. The Kier molecular flexibility index (Phi) is 6.60. The molecule has 1 aliphatic heterocycles. The van der Waals surface area contributed by atoms with Gasteiger partial charge in [-0.3, -0.25) is 4.90 Å². The van der Waals surface area contributed by atoms with Gasteiger partial charge < -0.3 is 20.5 Å². The van der Waals surface area contributed by atoms with E-state index in [9.17, 15) is 23.1 Å². The van der Waals surface area contributed by atoms with Gasteiger partial charge in [-0.25, -0.2) is 18.0 Å². The molecule has 29 heavy (non-hydrogen) atoms. The number of urea groups is 1. The van der Waals surface area contributed by atoms with Crippen LogP contribution in [0, 0.1) is 17.5 Å². The van der Waals surface area contributed by atoms with Gasteiger partial charge in [0, 0.05) is 48.9 Å². The van der Waals surface area contributed by atoms with Crippen LogP contribution in [0.3, 0.4) is 0 Å². The summed E-state index contributed by atoms with van der Waals surface area (Å²) in [6.45, 7) is 0.775. The minimum atomic E-state index is -0.761. The molecule has 2 aromatic rings. The van der Waals surface area contributed by atoms with Crippen LogP contribution in [0.1, 0.15) is 11.5 Å². The number of anilines is 1. The van der Waals surface area contributed by atoms with E-state index in [1.54, 1.807) is 0 Å². The van der Waals surface area contributed by atoms with Crippen molar-refractivity contribution in [2.45, 2.75) is 12.0 Å². The zero-order valence-corrected chi connectivity index (χ0v) is 15.8. The number of halogens is 3. The monoisotopic (exact) mass is 409 g/mol. The van der Waals surface area contributed by atoms with Crippen LogP contribution < -0.4 is 15.4 Å². The van der Waals surface area contributed by atoms with Crippen molar-refractivity contribution in [2.24, 2.45) is 0 Å². The topological polar surface area (TPSA) is 73.8 Å². The summed E-state index contributed by atoms with van der Waals surface area (Å²) in [7, 11) is 1.32. The quantitative estimate of drug-likeness (QED) is 0.686. The van der Waals surface area contributed by atoms with Crippen molar-refractivity contribution in [1.82, 2.24) is 10.2 Å². The molecule has 1 fully saturated rings. The smallest absolute Gasteiger partial charge is 0.319 e. The fourth-order valence-electron chi connectivity index (χ4n) is 3.55. The highest BCUT2D eigenvalue weighted by molar-refractivity contribution is 5.89. The molecular formula is C20H22F3N3O3. The van der Waals surface area contributed by atoms with E-state index in [1.807, 2.05) is 4.90 Å². The van der Waals surface area contributed by atoms with Crippen molar-refractivity contribution < 1.29 is 27.8 Å². The Morgan fingerprint density at radius 2 is 1.83 bits per heavy atom. The third-order valence-electron chi connectivity index (χ3n) is 4.89. The molecule has 0 aliphatic carbocycles. The summed E-state index contributed by atoms with van der Waals surface area (Å²) < 4.78 is 47.1. The van der Waals surface area contributed by atoms with E-state index in [0.717, 1.165) is 12.1 Å². The number of nitrogens with one attached hydrogen (secondary N) is 2. The van der Waals surface area contributed by atoms with E-state index < -0.39 is 35.4 Å². The highest BCUT2D eigenvalue weighted by Crippen LogP contribution is 2.33. The zero-order valence-electron chi connectivity index (χ0n) is 15.8. The Bertz CT molecular complexity index is 841. The highest BCUT2D eigenvalue weighted by Gasteiger charge is 2.38. The van der Waals surface area contributed by atoms with Crippen molar-refractivity contribution in [3.8, 4) is 5.75 Å². The number of hydrogen-bond donors (Lipinski definition) is 3. The number of aliphatic hydroxyl groups is 1. The summed E-state index contributed by atoms with van der Waals surface area (Å²) >= 11 is 0. The molecule has 0 radical (unpaired) electrons. The molecule has 1 heterocycles. The number of hydrogen-bond acceptors (Lipinski definition) is 4. The summed E-state index contributed by atoms with van der Waals surface area (Å²) in [6.07, 6.45) is 0. The van der Waals surface area contributed by atoms with Crippen LogP contribution in [0.15, 0.2) is 36.4 Å². The normalized spacial score (nSPS) is 19.2. The number of carbonyl (C=O) groups excluding carboxylic acids is 1. The number of nitrogens with zero attached hydrogens (tertiary/aromatic N) is 1. The lowest BCUT2D eigenvalue weighted by Crippen LogP contribution is -2.42. The molecule has 3 rings (SSSR count). The number of ether oxygens (including phenoxy) is 1. The van der Waals surface area contributed by atoms with Crippen LogP contribution in [0.5, 0.6) is 5.75 Å². The molecule has 2 amide bonds. The second kappa shape index (κ2) is 9.15. The molecule has 0 unspecified atom stereocenters. The first-order valence-electron chi connectivity index (χ1n) is 9.10. The standard InChI is InChI=1S/C20H22F3N3O3/c1-29-14-8-16(22)19(17(23)9-14)15-10-26(6-7-27)11-18(15)25-20(28)24-13-4-2-12(21)3-5-13/h2-5,8-9,15,18,27H,6-7,10-11H2,1H3,(H2,24,25,28)/t15-,18-/m1/s1. The van der Waals surface area contributed by atoms with E-state index in [1.165, 1.54) is 31.4 Å². The van der Waals surface area contributed by atoms with E-state index in [0.29, 0.717) is 18.8 Å². The van der Waals surface area contributed by atoms with Gasteiger partial charge in [-0.15, -0.1) is 0 Å². The Labute approximate surface area is 166 Å². The maximum absolute atomic E-state index is 14.6. The molecule has 0 aromatic heterocycles. The molecular weight excluding hydrogens is 387 g/mol. The number of benzene rings is 2. The predicted octanol–water partition coefficient (Wildman–Crippen LogP) is 2.69. The second-order valence-corrected chi connectivity index (χ2v) is 6.81. The summed E-state index contributed by atoms with van der Waals surface area (Å²) in [5.74, 6) is -2.55. The third kappa shape index (κ3) is 4.99. The number of carbonyl (C=O) groups is 1. The van der Waals surface area contributed by atoms with Crippen LogP contribution in [0.2, 0.25) is 0 Å². The fraction of sp³-hybridized carbons (Fsp3) is 0.350. The van der Waals surface area contributed by atoms with Gasteiger partial charge in [0.15, 0.2) is 0 Å². The molecule has 2 aromatic carbocycles. The molecule has 156 valence electrons. The Morgan fingerprint density at radius 3 is 2.41 bits per heavy atom. The maximum Gasteiger partial charge on any atom is 0.319 e. The van der Waals surface area contributed by atoms with Gasteiger partial charge in [0.1, 0.15) is 23.2 Å². The van der Waals surface area contributed by atoms with Gasteiger partial charge in [-0.1, -0.05) is 0 Å². The molecule has 6 nitrogen and oxygen atoms in total. The number of amides is 2. The summed E-state index contributed by atoms with van der Waals surface area (Å²) in [5.41, 5.74) is 0.241. The minimum absolute atomic E-state index is 0.0625. The molecule has 1 saturated heterocycles. The first-order valence-corrected chi connectivity index (χ1v) is 9.10. The largest absolute Gasteiger partial charge is 0.497 e. The Morgan fingerprint density at radius 1 is 1.17 bits per heavy atom. The zero-order chi connectivity index (χ0) is 21.0. The van der Waals surface area contributed by atoms with E-state index in [-0.39, 0.29) is 24.5 Å². The molecule has 9 heteroatoms. The van der Waals surface area contributed by atoms with Crippen LogP contribution in [0.4, 0.5) is 23.7 Å². The number of β-amino-alcohol motifs (C(OH)–C–C–N with tert-alkyl or cyclic N) is 1. The first kappa shape index (κ1) is 20.9. The van der Waals surface area contributed by atoms with Crippen molar-refractivity contribution >= 4 is 11.7 Å². The molecule has 0 saturated carbocycles. The summed E-state index contributed by atoms with van der Waals surface area (Å²) in [5, 5.41) is 14.5. The van der Waals surface area contributed by atoms with Gasteiger partial charge in [0.25, 0.3) is 0 Å². The van der Waals surface area contributed by atoms with Crippen LogP contribution >= 0.6 is 0 Å². The Hall–Kier alpha value is -2.78. The van der Waals surface area contributed by atoms with E-state index in [2.05, 4.69) is 10.6 Å². The van der Waals surface area contributed by atoms with Crippen molar-refractivity contribution in [2.75, 3.05) is 38.7 Å². The van der Waals surface area contributed by atoms with Gasteiger partial charge in [0.2, 0.25) is 0 Å². The van der Waals surface area contributed by atoms with Crippen molar-refractivity contribution in [1.29, 1.82) is 0 Å². The number of rotatable bonds is 6. The number of likely N-dealkylation sites (tertiary alicyclic amines) is 1. The van der Waals surface area contributed by atoms with Crippen molar-refractivity contribution in [3.05, 3.63) is 59.4 Å². The maximum atomic E-state index is 14.6. The molecule has 2 atom stereocenters. The average Bonchev–Trinajstić information content (AvgIpc) is 3.05.